The van der Waals surface area contributed by atoms with Crippen LogP contribution in [0, 0.1) is 0 Å². The molecule has 0 radical (unpaired) electrons. The SMILES string of the molecule is CCCN(CC(F)(F)F)C1CCCNCC1. The maximum Gasteiger partial charge on any atom is 0.401 e. The molecule has 96 valence electrons. The van der Waals surface area contributed by atoms with Gasteiger partial charge in [0.15, 0.2) is 0 Å². The van der Waals surface area contributed by atoms with Crippen LogP contribution in [0.4, 0.5) is 13.2 Å². The quantitative estimate of drug-likeness (QED) is 0.809. The van der Waals surface area contributed by atoms with E-state index in [9.17, 15) is 13.2 Å². The van der Waals surface area contributed by atoms with Crippen molar-refractivity contribution in [2.24, 2.45) is 0 Å². The molecule has 1 aliphatic heterocycles. The van der Waals surface area contributed by atoms with Gasteiger partial charge in [0, 0.05) is 6.04 Å². The average molecular weight is 238 g/mol. The molecule has 1 heterocycles. The molecule has 0 saturated carbocycles. The van der Waals surface area contributed by atoms with E-state index in [0.717, 1.165) is 38.8 Å². The average Bonchev–Trinajstić information content (AvgIpc) is 2.43. The summed E-state index contributed by atoms with van der Waals surface area (Å²) in [6, 6.07) is 0.0941. The third-order valence-corrected chi connectivity index (χ3v) is 2.95. The van der Waals surface area contributed by atoms with E-state index in [0.29, 0.717) is 6.54 Å². The topological polar surface area (TPSA) is 15.3 Å². The molecule has 1 fully saturated rings. The Balaban J connectivity index is 2.52. The molecule has 1 unspecified atom stereocenters. The van der Waals surface area contributed by atoms with Crippen molar-refractivity contribution in [3.05, 3.63) is 0 Å². The van der Waals surface area contributed by atoms with Gasteiger partial charge in [-0.05, 0) is 45.3 Å². The number of nitrogens with one attached hydrogen (secondary N) is 1. The molecule has 0 aromatic rings. The Labute approximate surface area is 95.2 Å². The van der Waals surface area contributed by atoms with Crippen LogP contribution >= 0.6 is 0 Å². The minimum atomic E-state index is -4.07. The van der Waals surface area contributed by atoms with Crippen molar-refractivity contribution < 1.29 is 13.2 Å². The largest absolute Gasteiger partial charge is 0.401 e. The second kappa shape index (κ2) is 6.45. The zero-order valence-electron chi connectivity index (χ0n) is 9.82. The third-order valence-electron chi connectivity index (χ3n) is 2.95. The van der Waals surface area contributed by atoms with Crippen LogP contribution < -0.4 is 5.32 Å². The van der Waals surface area contributed by atoms with E-state index >= 15 is 0 Å². The van der Waals surface area contributed by atoms with Crippen LogP contribution in [0.3, 0.4) is 0 Å². The van der Waals surface area contributed by atoms with Gasteiger partial charge < -0.3 is 5.32 Å². The molecule has 0 spiro atoms. The zero-order valence-corrected chi connectivity index (χ0v) is 9.82. The molecule has 0 bridgehead atoms. The summed E-state index contributed by atoms with van der Waals surface area (Å²) in [4.78, 5) is 1.60. The summed E-state index contributed by atoms with van der Waals surface area (Å²) < 4.78 is 37.3. The summed E-state index contributed by atoms with van der Waals surface area (Å²) >= 11 is 0. The van der Waals surface area contributed by atoms with E-state index in [4.69, 9.17) is 0 Å². The summed E-state index contributed by atoms with van der Waals surface area (Å²) in [5.41, 5.74) is 0. The molecule has 5 heteroatoms. The van der Waals surface area contributed by atoms with E-state index < -0.39 is 12.7 Å². The molecule has 2 nitrogen and oxygen atoms in total. The monoisotopic (exact) mass is 238 g/mol. The lowest BCUT2D eigenvalue weighted by Gasteiger charge is -2.31. The number of hydrogen-bond acceptors (Lipinski definition) is 2. The second-order valence-electron chi connectivity index (χ2n) is 4.42. The van der Waals surface area contributed by atoms with Crippen LogP contribution in [-0.2, 0) is 0 Å². The Bertz CT molecular complexity index is 186. The van der Waals surface area contributed by atoms with E-state index in [-0.39, 0.29) is 6.04 Å². The summed E-state index contributed by atoms with van der Waals surface area (Å²) in [5.74, 6) is 0. The third kappa shape index (κ3) is 5.16. The van der Waals surface area contributed by atoms with Crippen molar-refractivity contribution >= 4 is 0 Å². The smallest absolute Gasteiger partial charge is 0.317 e. The molecule has 0 aliphatic carbocycles. The highest BCUT2D eigenvalue weighted by Gasteiger charge is 2.33. The molecule has 1 aliphatic rings. The first-order valence-corrected chi connectivity index (χ1v) is 6.04. The predicted octanol–water partition coefficient (Wildman–Crippen LogP) is 2.40. The Morgan fingerprint density at radius 3 is 2.62 bits per heavy atom. The number of alkyl halides is 3. The van der Waals surface area contributed by atoms with E-state index in [1.54, 1.807) is 4.90 Å². The van der Waals surface area contributed by atoms with Gasteiger partial charge in [0.25, 0.3) is 0 Å². The molecule has 1 N–H and O–H groups in total. The van der Waals surface area contributed by atoms with Crippen molar-refractivity contribution in [2.45, 2.75) is 44.8 Å². The predicted molar refractivity (Wildman–Crippen MR) is 58.4 cm³/mol. The maximum absolute atomic E-state index is 12.4. The molecule has 1 rings (SSSR count). The molecule has 0 amide bonds. The van der Waals surface area contributed by atoms with E-state index in [1.807, 2.05) is 6.92 Å². The minimum Gasteiger partial charge on any atom is -0.317 e. The van der Waals surface area contributed by atoms with Crippen LogP contribution in [-0.4, -0.2) is 43.3 Å². The Morgan fingerprint density at radius 2 is 2.00 bits per heavy atom. The summed E-state index contributed by atoms with van der Waals surface area (Å²) in [5, 5.41) is 3.23. The maximum atomic E-state index is 12.4. The highest BCUT2D eigenvalue weighted by atomic mass is 19.4. The molecular weight excluding hydrogens is 217 g/mol. The standard InChI is InChI=1S/C11H21F3N2/c1-2-8-16(9-11(12,13)14)10-4-3-6-15-7-5-10/h10,15H,2-9H2,1H3. The first-order chi connectivity index (χ1) is 7.53. The number of hydrogen-bond donors (Lipinski definition) is 1. The molecule has 16 heavy (non-hydrogen) atoms. The van der Waals surface area contributed by atoms with Crippen molar-refractivity contribution in [3.63, 3.8) is 0 Å². The van der Waals surface area contributed by atoms with Gasteiger partial charge in [0.2, 0.25) is 0 Å². The summed E-state index contributed by atoms with van der Waals surface area (Å²) in [7, 11) is 0. The lowest BCUT2D eigenvalue weighted by molar-refractivity contribution is -0.151. The van der Waals surface area contributed by atoms with Gasteiger partial charge in [-0.2, -0.15) is 13.2 Å². The van der Waals surface area contributed by atoms with Gasteiger partial charge in [-0.3, -0.25) is 4.90 Å². The van der Waals surface area contributed by atoms with Gasteiger partial charge in [-0.15, -0.1) is 0 Å². The van der Waals surface area contributed by atoms with E-state index in [2.05, 4.69) is 5.32 Å². The van der Waals surface area contributed by atoms with Crippen molar-refractivity contribution in [3.8, 4) is 0 Å². The zero-order chi connectivity index (χ0) is 12.0. The lowest BCUT2D eigenvalue weighted by Crippen LogP contribution is -2.42. The Hall–Kier alpha value is -0.290. The Kier molecular flexibility index (Phi) is 5.55. The normalized spacial score (nSPS) is 23.4. The van der Waals surface area contributed by atoms with Gasteiger partial charge in [-0.1, -0.05) is 6.92 Å². The van der Waals surface area contributed by atoms with Crippen LogP contribution in [0.15, 0.2) is 0 Å². The van der Waals surface area contributed by atoms with Crippen molar-refractivity contribution in [1.82, 2.24) is 10.2 Å². The van der Waals surface area contributed by atoms with Crippen LogP contribution in [0.25, 0.3) is 0 Å². The first kappa shape index (κ1) is 13.8. The number of halogens is 3. The fraction of sp³-hybridized carbons (Fsp3) is 1.00. The van der Waals surface area contributed by atoms with E-state index in [1.165, 1.54) is 0 Å². The number of nitrogens with zero attached hydrogens (tertiary/aromatic N) is 1. The molecule has 0 aromatic heterocycles. The fourth-order valence-electron chi connectivity index (χ4n) is 2.27. The first-order valence-electron chi connectivity index (χ1n) is 6.04. The molecule has 0 aromatic carbocycles. The second-order valence-corrected chi connectivity index (χ2v) is 4.42. The Morgan fingerprint density at radius 1 is 1.25 bits per heavy atom. The van der Waals surface area contributed by atoms with Gasteiger partial charge >= 0.3 is 6.18 Å². The van der Waals surface area contributed by atoms with Crippen molar-refractivity contribution in [1.29, 1.82) is 0 Å². The minimum absolute atomic E-state index is 0.0941. The summed E-state index contributed by atoms with van der Waals surface area (Å²) in [6.07, 6.45) is -0.614. The number of rotatable bonds is 4. The van der Waals surface area contributed by atoms with Crippen molar-refractivity contribution in [2.75, 3.05) is 26.2 Å². The molecule has 1 saturated heterocycles. The lowest BCUT2D eigenvalue weighted by atomic mass is 10.1. The fourth-order valence-corrected chi connectivity index (χ4v) is 2.27. The van der Waals surface area contributed by atoms with Gasteiger partial charge in [-0.25, -0.2) is 0 Å². The van der Waals surface area contributed by atoms with Crippen LogP contribution in [0.1, 0.15) is 32.6 Å². The van der Waals surface area contributed by atoms with Crippen LogP contribution in [0.2, 0.25) is 0 Å². The highest BCUT2D eigenvalue weighted by molar-refractivity contribution is 4.77. The molecule has 1 atom stereocenters. The van der Waals surface area contributed by atoms with Crippen LogP contribution in [0.5, 0.6) is 0 Å². The molecular formula is C11H21F3N2. The van der Waals surface area contributed by atoms with Gasteiger partial charge in [0.1, 0.15) is 0 Å². The van der Waals surface area contributed by atoms with Gasteiger partial charge in [0.05, 0.1) is 6.54 Å². The highest BCUT2D eigenvalue weighted by Crippen LogP contribution is 2.21. The summed E-state index contributed by atoms with van der Waals surface area (Å²) in [6.45, 7) is 3.49.